The second-order valence-electron chi connectivity index (χ2n) is 4.32. The topological polar surface area (TPSA) is 12.9 Å². The van der Waals surface area contributed by atoms with Crippen LogP contribution in [-0.2, 0) is 0 Å². The minimum atomic E-state index is 0.757. The zero-order valence-electron chi connectivity index (χ0n) is 10.0. The highest BCUT2D eigenvalue weighted by Crippen LogP contribution is 2.26. The van der Waals surface area contributed by atoms with Crippen molar-refractivity contribution in [2.75, 3.05) is 0 Å². The van der Waals surface area contributed by atoms with E-state index in [2.05, 4.69) is 23.2 Å². The molecule has 0 aliphatic carbocycles. The molecule has 0 radical (unpaired) electrons. The average molecular weight is 254 g/mol. The van der Waals surface area contributed by atoms with Gasteiger partial charge < -0.3 is 0 Å². The number of aromatic nitrogens is 1. The van der Waals surface area contributed by atoms with Gasteiger partial charge in [0.15, 0.2) is 0 Å². The van der Waals surface area contributed by atoms with Gasteiger partial charge in [-0.2, -0.15) is 0 Å². The molecule has 0 atom stereocenters. The Balaban J connectivity index is 2.27. The average Bonchev–Trinajstić information content (AvgIpc) is 2.39. The van der Waals surface area contributed by atoms with Crippen LogP contribution >= 0.6 is 11.6 Å². The van der Waals surface area contributed by atoms with E-state index in [1.165, 1.54) is 0 Å². The molecule has 88 valence electrons. The number of nitrogens with zero attached hydrogens (tertiary/aromatic N) is 1. The van der Waals surface area contributed by atoms with Crippen LogP contribution < -0.4 is 0 Å². The van der Waals surface area contributed by atoms with Crippen LogP contribution in [0.1, 0.15) is 5.69 Å². The molecular weight excluding hydrogens is 242 g/mol. The summed E-state index contributed by atoms with van der Waals surface area (Å²) in [6, 6.07) is 18.2. The fourth-order valence-corrected chi connectivity index (χ4v) is 2.34. The Labute approximate surface area is 111 Å². The second-order valence-corrected chi connectivity index (χ2v) is 4.76. The van der Waals surface area contributed by atoms with E-state index in [4.69, 9.17) is 11.6 Å². The normalized spacial score (nSPS) is 10.8. The van der Waals surface area contributed by atoms with E-state index in [-0.39, 0.29) is 0 Å². The van der Waals surface area contributed by atoms with Crippen molar-refractivity contribution in [3.8, 4) is 11.3 Å². The molecule has 0 unspecified atom stereocenters. The number of rotatable bonds is 1. The van der Waals surface area contributed by atoms with Crippen LogP contribution in [0.4, 0.5) is 0 Å². The monoisotopic (exact) mass is 253 g/mol. The number of halogens is 1. The van der Waals surface area contributed by atoms with Gasteiger partial charge in [0.1, 0.15) is 0 Å². The first-order valence-corrected chi connectivity index (χ1v) is 6.24. The van der Waals surface area contributed by atoms with Crippen LogP contribution in [0.3, 0.4) is 0 Å². The van der Waals surface area contributed by atoms with Crippen LogP contribution in [0.2, 0.25) is 5.02 Å². The fourth-order valence-electron chi connectivity index (χ4n) is 2.16. The van der Waals surface area contributed by atoms with Crippen molar-refractivity contribution in [1.82, 2.24) is 4.98 Å². The predicted octanol–water partition coefficient (Wildman–Crippen LogP) is 4.86. The van der Waals surface area contributed by atoms with Crippen LogP contribution in [0.25, 0.3) is 22.0 Å². The molecule has 0 saturated heterocycles. The third kappa shape index (κ3) is 1.98. The number of pyridine rings is 1. The molecule has 0 bridgehead atoms. The van der Waals surface area contributed by atoms with E-state index in [0.717, 1.165) is 32.7 Å². The lowest BCUT2D eigenvalue weighted by atomic mass is 10.1. The highest BCUT2D eigenvalue weighted by Gasteiger charge is 2.04. The molecule has 0 saturated carbocycles. The van der Waals surface area contributed by atoms with E-state index in [0.29, 0.717) is 0 Å². The third-order valence-corrected chi connectivity index (χ3v) is 3.29. The number of aryl methyl sites for hydroxylation is 1. The summed E-state index contributed by atoms with van der Waals surface area (Å²) in [5.41, 5.74) is 3.15. The minimum absolute atomic E-state index is 0.757. The molecule has 0 fully saturated rings. The molecule has 1 nitrogen and oxygen atoms in total. The molecule has 0 aliphatic rings. The Morgan fingerprint density at radius 3 is 2.50 bits per heavy atom. The van der Waals surface area contributed by atoms with Crippen molar-refractivity contribution >= 4 is 22.4 Å². The molecule has 3 rings (SSSR count). The van der Waals surface area contributed by atoms with Gasteiger partial charge in [-0.3, -0.25) is 4.98 Å². The van der Waals surface area contributed by atoms with Gasteiger partial charge >= 0.3 is 0 Å². The summed E-state index contributed by atoms with van der Waals surface area (Å²) in [6.07, 6.45) is 0. The van der Waals surface area contributed by atoms with E-state index in [1.54, 1.807) is 0 Å². The molecule has 2 aromatic carbocycles. The van der Waals surface area contributed by atoms with Crippen molar-refractivity contribution in [3.05, 3.63) is 65.3 Å². The van der Waals surface area contributed by atoms with Crippen molar-refractivity contribution in [3.63, 3.8) is 0 Å². The lowest BCUT2D eigenvalue weighted by molar-refractivity contribution is 1.24. The molecule has 0 aliphatic heterocycles. The van der Waals surface area contributed by atoms with Crippen molar-refractivity contribution < 1.29 is 0 Å². The summed E-state index contributed by atoms with van der Waals surface area (Å²) in [6.45, 7) is 2.03. The highest BCUT2D eigenvalue weighted by atomic mass is 35.5. The third-order valence-electron chi connectivity index (χ3n) is 3.05. The predicted molar refractivity (Wildman–Crippen MR) is 76.9 cm³/mol. The SMILES string of the molecule is Cc1nc(-c2ccccc2)cc2cc(Cl)ccc12. The molecule has 0 spiro atoms. The first kappa shape index (κ1) is 11.2. The lowest BCUT2D eigenvalue weighted by Gasteiger charge is -2.07. The molecule has 1 aromatic heterocycles. The summed E-state index contributed by atoms with van der Waals surface area (Å²) in [4.78, 5) is 4.66. The van der Waals surface area contributed by atoms with E-state index in [1.807, 2.05) is 43.3 Å². The molecule has 0 amide bonds. The van der Waals surface area contributed by atoms with Gasteiger partial charge in [0, 0.05) is 21.7 Å². The molecule has 18 heavy (non-hydrogen) atoms. The Hall–Kier alpha value is -1.86. The van der Waals surface area contributed by atoms with E-state index in [9.17, 15) is 0 Å². The number of hydrogen-bond donors (Lipinski definition) is 0. The number of hydrogen-bond acceptors (Lipinski definition) is 1. The fraction of sp³-hybridized carbons (Fsp3) is 0.0625. The van der Waals surface area contributed by atoms with Crippen LogP contribution in [0, 0.1) is 6.92 Å². The van der Waals surface area contributed by atoms with E-state index < -0.39 is 0 Å². The quantitative estimate of drug-likeness (QED) is 0.603. The van der Waals surface area contributed by atoms with Gasteiger partial charge in [0.05, 0.1) is 5.69 Å². The summed E-state index contributed by atoms with van der Waals surface area (Å²) < 4.78 is 0. The van der Waals surface area contributed by atoms with Gasteiger partial charge in [-0.05, 0) is 30.5 Å². The largest absolute Gasteiger partial charge is 0.252 e. The summed E-state index contributed by atoms with van der Waals surface area (Å²) >= 11 is 6.05. The minimum Gasteiger partial charge on any atom is -0.252 e. The smallest absolute Gasteiger partial charge is 0.0711 e. The van der Waals surface area contributed by atoms with Crippen molar-refractivity contribution in [1.29, 1.82) is 0 Å². The maximum Gasteiger partial charge on any atom is 0.0711 e. The summed E-state index contributed by atoms with van der Waals surface area (Å²) in [5, 5.41) is 3.04. The number of fused-ring (bicyclic) bond motifs is 1. The Bertz CT molecular complexity index is 705. The standard InChI is InChI=1S/C16H12ClN/c1-11-15-8-7-14(17)9-13(15)10-16(18-11)12-5-3-2-4-6-12/h2-10H,1H3. The molecule has 2 heteroatoms. The van der Waals surface area contributed by atoms with Crippen LogP contribution in [-0.4, -0.2) is 4.98 Å². The van der Waals surface area contributed by atoms with Gasteiger partial charge in [0.2, 0.25) is 0 Å². The van der Waals surface area contributed by atoms with Crippen molar-refractivity contribution in [2.24, 2.45) is 0 Å². The molecule has 3 aromatic rings. The summed E-state index contributed by atoms with van der Waals surface area (Å²) in [5.74, 6) is 0. The van der Waals surface area contributed by atoms with Crippen LogP contribution in [0.5, 0.6) is 0 Å². The maximum atomic E-state index is 6.05. The van der Waals surface area contributed by atoms with Gasteiger partial charge in [-0.15, -0.1) is 0 Å². The maximum absolute atomic E-state index is 6.05. The van der Waals surface area contributed by atoms with Crippen LogP contribution in [0.15, 0.2) is 54.6 Å². The zero-order chi connectivity index (χ0) is 12.5. The van der Waals surface area contributed by atoms with Gasteiger partial charge in [-0.25, -0.2) is 0 Å². The first-order chi connectivity index (χ1) is 8.74. The number of benzene rings is 2. The van der Waals surface area contributed by atoms with Gasteiger partial charge in [-0.1, -0.05) is 48.0 Å². The second kappa shape index (κ2) is 4.43. The first-order valence-electron chi connectivity index (χ1n) is 5.86. The summed E-state index contributed by atoms with van der Waals surface area (Å²) in [7, 11) is 0. The van der Waals surface area contributed by atoms with Gasteiger partial charge in [0.25, 0.3) is 0 Å². The van der Waals surface area contributed by atoms with E-state index >= 15 is 0 Å². The Morgan fingerprint density at radius 2 is 1.72 bits per heavy atom. The molecular formula is C16H12ClN. The highest BCUT2D eigenvalue weighted by molar-refractivity contribution is 6.31. The zero-order valence-corrected chi connectivity index (χ0v) is 10.8. The Morgan fingerprint density at radius 1 is 0.944 bits per heavy atom. The van der Waals surface area contributed by atoms with Crippen molar-refractivity contribution in [2.45, 2.75) is 6.92 Å². The molecule has 1 heterocycles. The Kier molecular flexibility index (Phi) is 2.77. The lowest BCUT2D eigenvalue weighted by Crippen LogP contribution is -1.89. The molecule has 0 N–H and O–H groups in total.